The van der Waals surface area contributed by atoms with Crippen LogP contribution in [0.2, 0.25) is 0 Å². The molecule has 1 aromatic carbocycles. The lowest BCUT2D eigenvalue weighted by Gasteiger charge is -2.18. The van der Waals surface area contributed by atoms with E-state index in [1.807, 2.05) is 33.0 Å². The van der Waals surface area contributed by atoms with Crippen molar-refractivity contribution in [2.24, 2.45) is 5.92 Å². The Morgan fingerprint density at radius 3 is 2.30 bits per heavy atom. The third kappa shape index (κ3) is 18.3. The Morgan fingerprint density at radius 2 is 1.74 bits per heavy atom. The van der Waals surface area contributed by atoms with Crippen molar-refractivity contribution in [3.8, 4) is 12.8 Å². The summed E-state index contributed by atoms with van der Waals surface area (Å²) in [6.07, 6.45) is 27.2. The topological polar surface area (TPSA) is 42.0 Å². The molecule has 1 aliphatic carbocycles. The van der Waals surface area contributed by atoms with E-state index in [0.717, 1.165) is 17.9 Å². The third-order valence-corrected chi connectivity index (χ3v) is 7.67. The van der Waals surface area contributed by atoms with Crippen LogP contribution in [-0.2, 0) is 14.3 Å². The van der Waals surface area contributed by atoms with Gasteiger partial charge in [0.05, 0.1) is 7.11 Å². The predicted octanol–water partition coefficient (Wildman–Crippen LogP) is 6.73. The molecule has 5 heteroatoms. The van der Waals surface area contributed by atoms with Gasteiger partial charge in [-0.15, -0.1) is 12.8 Å². The van der Waals surface area contributed by atoms with Crippen LogP contribution in [-0.4, -0.2) is 69.8 Å². The molecule has 1 saturated heterocycles. The number of rotatable bonds is 13. The van der Waals surface area contributed by atoms with E-state index in [1.54, 1.807) is 19.1 Å². The van der Waals surface area contributed by atoms with Gasteiger partial charge >= 0.3 is 0 Å². The summed E-state index contributed by atoms with van der Waals surface area (Å²) in [5.41, 5.74) is 2.04. The molecule has 0 saturated carbocycles. The molecular weight excluding hydrogens is 532 g/mol. The van der Waals surface area contributed by atoms with Gasteiger partial charge in [0.2, 0.25) is 5.91 Å². The van der Waals surface area contributed by atoms with Crippen molar-refractivity contribution < 1.29 is 14.3 Å². The average molecular weight is 593 g/mol. The molecule has 0 N–H and O–H groups in total. The molecule has 1 atom stereocenters. The van der Waals surface area contributed by atoms with Crippen molar-refractivity contribution in [3.63, 3.8) is 0 Å². The van der Waals surface area contributed by atoms with Crippen LogP contribution in [0.5, 0.6) is 0 Å². The van der Waals surface area contributed by atoms with Gasteiger partial charge in [0, 0.05) is 26.3 Å². The first-order valence-corrected chi connectivity index (χ1v) is 15.8. The molecule has 0 radical (unpaired) electrons. The number of carbonyl (C=O) groups excluding carboxylic acids is 1. The third-order valence-electron chi connectivity index (χ3n) is 7.67. The van der Waals surface area contributed by atoms with E-state index in [9.17, 15) is 4.79 Å². The second-order valence-corrected chi connectivity index (χ2v) is 11.3. The molecule has 240 valence electrons. The Labute approximate surface area is 264 Å². The van der Waals surface area contributed by atoms with Crippen LogP contribution in [0.4, 0.5) is 0 Å². The van der Waals surface area contributed by atoms with E-state index in [2.05, 4.69) is 84.1 Å². The van der Waals surface area contributed by atoms with E-state index >= 15 is 0 Å². The molecule has 0 aromatic heterocycles. The molecule has 1 fully saturated rings. The van der Waals surface area contributed by atoms with Gasteiger partial charge in [0.1, 0.15) is 12.4 Å². The summed E-state index contributed by atoms with van der Waals surface area (Å²) in [6.45, 7) is 17.2. The molecule has 43 heavy (non-hydrogen) atoms. The first kappa shape index (κ1) is 39.9. The van der Waals surface area contributed by atoms with E-state index in [-0.39, 0.29) is 5.91 Å². The van der Waals surface area contributed by atoms with Crippen LogP contribution in [0.25, 0.3) is 12.2 Å². The number of nitrogens with zero attached hydrogens (tertiary/aromatic N) is 2. The summed E-state index contributed by atoms with van der Waals surface area (Å²) in [5, 5.41) is 2.50. The first-order valence-electron chi connectivity index (χ1n) is 15.8. The van der Waals surface area contributed by atoms with Gasteiger partial charge in [-0.2, -0.15) is 0 Å². The molecule has 0 bridgehead atoms. The number of ether oxygens (including phenoxy) is 2. The number of likely N-dealkylation sites (N-methyl/N-ethyl adjacent to an activating group) is 1. The van der Waals surface area contributed by atoms with Crippen molar-refractivity contribution in [1.29, 1.82) is 0 Å². The molecule has 0 spiro atoms. The highest BCUT2D eigenvalue weighted by molar-refractivity contribution is 5.92. The number of hydrogen-bond donors (Lipinski definition) is 0. The minimum Gasteiger partial charge on any atom is -0.499 e. The van der Waals surface area contributed by atoms with Crippen LogP contribution >= 0.6 is 0 Å². The van der Waals surface area contributed by atoms with Gasteiger partial charge in [0.15, 0.2) is 0 Å². The maximum Gasteiger partial charge on any atom is 0.249 e. The Morgan fingerprint density at radius 1 is 1.09 bits per heavy atom. The molecule has 2 aliphatic rings. The molecule has 5 nitrogen and oxygen atoms in total. The van der Waals surface area contributed by atoms with Crippen LogP contribution < -0.4 is 10.4 Å². The lowest BCUT2D eigenvalue weighted by atomic mass is 10.00. The maximum atomic E-state index is 12.1. The minimum atomic E-state index is 0.0927. The number of fused-ring (bicyclic) bond motifs is 1. The Balaban J connectivity index is 0.000000666. The highest BCUT2D eigenvalue weighted by Crippen LogP contribution is 2.15. The number of carbonyl (C=O) groups is 1. The van der Waals surface area contributed by atoms with Crippen LogP contribution in [0.15, 0.2) is 59.9 Å². The minimum absolute atomic E-state index is 0.0927. The van der Waals surface area contributed by atoms with Crippen molar-refractivity contribution in [2.75, 3.05) is 54.1 Å². The largest absolute Gasteiger partial charge is 0.499 e. The normalized spacial score (nSPS) is 14.6. The standard InChI is InChI=1S/C18H21NO.C13H27N.C5H10O2.C2H2/c1-4-14(2)18(20)19(3)13-15-9-11-16-7-5-6-8-17(16)12-10-15;1-3-4-5-8-13(2)9-12-14-10-6-7-11-14;1-5(7-3)4-6-2;1-2/h4-9,11-12H,10,13H2,1-3H3;13H,3-12H2,1-2H3;1,4H2,2-3H3;1-2H/b14-4+;;;. The summed E-state index contributed by atoms with van der Waals surface area (Å²) in [5.74, 6) is 1.69. The lowest BCUT2D eigenvalue weighted by molar-refractivity contribution is -0.125. The number of likely N-dealkylation sites (tertiary alicyclic amines) is 1. The van der Waals surface area contributed by atoms with Gasteiger partial charge in [-0.1, -0.05) is 94.7 Å². The fraction of sp³-hybridized carbons (Fsp3) is 0.553. The molecule has 1 heterocycles. The number of hydrogen-bond acceptors (Lipinski definition) is 4. The fourth-order valence-corrected chi connectivity index (χ4v) is 4.80. The molecule has 1 amide bonds. The molecule has 3 rings (SSSR count). The van der Waals surface area contributed by atoms with Crippen LogP contribution in [0.1, 0.15) is 79.1 Å². The summed E-state index contributed by atoms with van der Waals surface area (Å²) in [7, 11) is 5.03. The smallest absolute Gasteiger partial charge is 0.249 e. The second kappa shape index (κ2) is 25.4. The summed E-state index contributed by atoms with van der Waals surface area (Å²) in [6, 6.07) is 8.35. The number of unbranched alkanes of at least 4 members (excludes halogenated alkanes) is 2. The fourth-order valence-electron chi connectivity index (χ4n) is 4.80. The predicted molar refractivity (Wildman–Crippen MR) is 186 cm³/mol. The molecular formula is C38H60N2O3. The monoisotopic (exact) mass is 592 g/mol. The van der Waals surface area contributed by atoms with Crippen molar-refractivity contribution >= 4 is 18.1 Å². The SMILES string of the molecule is C#C.C/C=C(\C)C(=O)N(C)CC1=CC=c2ccccc2=CC1.C=C(COC)OC.CCCCCC(C)CCN1CCCC1. The highest BCUT2D eigenvalue weighted by Gasteiger charge is 2.13. The zero-order valence-corrected chi connectivity index (χ0v) is 28.4. The number of methoxy groups -OCH3 is 2. The zero-order valence-electron chi connectivity index (χ0n) is 28.4. The van der Waals surface area contributed by atoms with Crippen molar-refractivity contribution in [3.05, 3.63) is 70.3 Å². The summed E-state index contributed by atoms with van der Waals surface area (Å²) in [4.78, 5) is 16.5. The Kier molecular flexibility index (Phi) is 23.6. The number of allylic oxidation sites excluding steroid dienone is 2. The van der Waals surface area contributed by atoms with Gasteiger partial charge in [-0.25, -0.2) is 0 Å². The second-order valence-electron chi connectivity index (χ2n) is 11.3. The number of terminal acetylenes is 1. The molecule has 1 unspecified atom stereocenters. The molecule has 1 aliphatic heterocycles. The van der Waals surface area contributed by atoms with Gasteiger partial charge < -0.3 is 19.3 Å². The quantitative estimate of drug-likeness (QED) is 0.110. The van der Waals surface area contributed by atoms with Crippen LogP contribution in [0.3, 0.4) is 0 Å². The number of benzene rings is 1. The van der Waals surface area contributed by atoms with Gasteiger partial charge in [-0.05, 0) is 81.1 Å². The zero-order chi connectivity index (χ0) is 32.5. The van der Waals surface area contributed by atoms with E-state index in [4.69, 9.17) is 0 Å². The Hall–Kier alpha value is -3.07. The first-order chi connectivity index (χ1) is 20.7. The average Bonchev–Trinajstić information content (AvgIpc) is 3.48. The van der Waals surface area contributed by atoms with E-state index in [1.165, 1.54) is 80.6 Å². The van der Waals surface area contributed by atoms with Gasteiger partial charge in [-0.3, -0.25) is 4.79 Å². The maximum absolute atomic E-state index is 12.1. The van der Waals surface area contributed by atoms with Crippen LogP contribution in [0, 0.1) is 18.8 Å². The van der Waals surface area contributed by atoms with E-state index < -0.39 is 0 Å². The Bertz CT molecular complexity index is 1110. The summed E-state index contributed by atoms with van der Waals surface area (Å²) >= 11 is 0. The highest BCUT2D eigenvalue weighted by atomic mass is 16.5. The molecule has 1 aromatic rings. The van der Waals surface area contributed by atoms with Gasteiger partial charge in [0.25, 0.3) is 0 Å². The number of amides is 1. The van der Waals surface area contributed by atoms with Crippen molar-refractivity contribution in [2.45, 2.75) is 79.1 Å². The van der Waals surface area contributed by atoms with E-state index in [0.29, 0.717) is 18.9 Å². The summed E-state index contributed by atoms with van der Waals surface area (Å²) < 4.78 is 9.34. The van der Waals surface area contributed by atoms with Crippen molar-refractivity contribution in [1.82, 2.24) is 9.80 Å². The lowest BCUT2D eigenvalue weighted by Crippen LogP contribution is -2.29.